The topological polar surface area (TPSA) is 171 Å². The van der Waals surface area contributed by atoms with Crippen LogP contribution in [0.3, 0.4) is 0 Å². The minimum Gasteiger partial charge on any atom is -0.388 e. The summed E-state index contributed by atoms with van der Waals surface area (Å²) in [7, 11) is -4.45. The first-order valence-electron chi connectivity index (χ1n) is 9.36. The van der Waals surface area contributed by atoms with Gasteiger partial charge in [0, 0.05) is 18.7 Å². The Morgan fingerprint density at radius 1 is 1.24 bits per heavy atom. The SMILES string of the molecule is CCC(O)(CC)P(=O)(O)OC(C)(C)CC1O[C@@H](n2ccc(=O)[nH]c2=O)[C@H](O)[C@@H]1O. The molecule has 0 amide bonds. The first kappa shape index (κ1) is 23.9. The molecule has 1 saturated heterocycles. The van der Waals surface area contributed by atoms with E-state index in [-0.39, 0.29) is 19.3 Å². The highest BCUT2D eigenvalue weighted by Crippen LogP contribution is 2.60. The van der Waals surface area contributed by atoms with Crippen LogP contribution in [0.25, 0.3) is 0 Å². The van der Waals surface area contributed by atoms with E-state index in [4.69, 9.17) is 9.26 Å². The van der Waals surface area contributed by atoms with E-state index in [2.05, 4.69) is 0 Å². The van der Waals surface area contributed by atoms with Crippen molar-refractivity contribution >= 4 is 7.60 Å². The van der Waals surface area contributed by atoms with Gasteiger partial charge < -0.3 is 29.5 Å². The second kappa shape index (κ2) is 8.43. The van der Waals surface area contributed by atoms with Gasteiger partial charge in [0.15, 0.2) is 11.6 Å². The number of rotatable bonds is 8. The lowest BCUT2D eigenvalue weighted by atomic mass is 9.97. The average Bonchev–Trinajstić information content (AvgIpc) is 2.87. The van der Waals surface area contributed by atoms with Crippen LogP contribution in [-0.4, -0.2) is 59.0 Å². The van der Waals surface area contributed by atoms with E-state index in [9.17, 15) is 34.4 Å². The van der Waals surface area contributed by atoms with Gasteiger partial charge in [-0.15, -0.1) is 0 Å². The van der Waals surface area contributed by atoms with Crippen molar-refractivity contribution in [3.63, 3.8) is 0 Å². The number of ether oxygens (including phenoxy) is 1. The fourth-order valence-electron chi connectivity index (χ4n) is 3.35. The molecule has 2 unspecified atom stereocenters. The van der Waals surface area contributed by atoms with E-state index in [1.54, 1.807) is 13.8 Å². The van der Waals surface area contributed by atoms with Crippen LogP contribution in [0, 0.1) is 0 Å². The molecule has 11 nitrogen and oxygen atoms in total. The molecule has 0 aliphatic carbocycles. The highest BCUT2D eigenvalue weighted by Gasteiger charge is 2.51. The lowest BCUT2D eigenvalue weighted by Crippen LogP contribution is -2.39. The van der Waals surface area contributed by atoms with Crippen LogP contribution in [-0.2, 0) is 13.8 Å². The summed E-state index contributed by atoms with van der Waals surface area (Å²) in [5.74, 6) is 0. The van der Waals surface area contributed by atoms with Crippen molar-refractivity contribution in [2.24, 2.45) is 0 Å². The predicted octanol–water partition coefficient (Wildman–Crippen LogP) is 0.0351. The zero-order valence-electron chi connectivity index (χ0n) is 16.8. The van der Waals surface area contributed by atoms with Crippen LogP contribution in [0.5, 0.6) is 0 Å². The summed E-state index contributed by atoms with van der Waals surface area (Å²) in [5, 5.41) is 29.1. The zero-order valence-corrected chi connectivity index (χ0v) is 17.7. The Hall–Kier alpha value is -1.33. The molecule has 5 N–H and O–H groups in total. The minimum atomic E-state index is -4.45. The van der Waals surface area contributed by atoms with Gasteiger partial charge in [-0.3, -0.25) is 18.9 Å². The summed E-state index contributed by atoms with van der Waals surface area (Å²) in [4.78, 5) is 35.5. The second-order valence-electron chi connectivity index (χ2n) is 7.83. The molecule has 0 aromatic carbocycles. The van der Waals surface area contributed by atoms with Gasteiger partial charge in [0.1, 0.15) is 12.2 Å². The van der Waals surface area contributed by atoms with Gasteiger partial charge in [-0.05, 0) is 26.7 Å². The summed E-state index contributed by atoms with van der Waals surface area (Å²) in [6.07, 6.45) is -4.18. The third kappa shape index (κ3) is 4.88. The molecule has 5 atom stereocenters. The smallest absolute Gasteiger partial charge is 0.359 e. The Labute approximate surface area is 167 Å². The van der Waals surface area contributed by atoms with Crippen LogP contribution in [0.4, 0.5) is 0 Å². The van der Waals surface area contributed by atoms with E-state index in [1.165, 1.54) is 13.8 Å². The van der Waals surface area contributed by atoms with Gasteiger partial charge in [-0.25, -0.2) is 4.79 Å². The van der Waals surface area contributed by atoms with Crippen LogP contribution in [0.15, 0.2) is 21.9 Å². The minimum absolute atomic E-state index is 0.00578. The number of nitrogens with zero attached hydrogens (tertiary/aromatic N) is 1. The number of aromatic nitrogens is 2. The van der Waals surface area contributed by atoms with Crippen molar-refractivity contribution in [1.82, 2.24) is 9.55 Å². The normalized spacial score (nSPS) is 27.7. The maximum absolute atomic E-state index is 12.6. The third-order valence-electron chi connectivity index (χ3n) is 5.18. The lowest BCUT2D eigenvalue weighted by Gasteiger charge is -2.37. The van der Waals surface area contributed by atoms with Gasteiger partial charge in [0.25, 0.3) is 5.56 Å². The fraction of sp³-hybridized carbons (Fsp3) is 0.765. The van der Waals surface area contributed by atoms with Gasteiger partial charge in [-0.2, -0.15) is 0 Å². The van der Waals surface area contributed by atoms with E-state index in [0.29, 0.717) is 0 Å². The molecular weight excluding hydrogens is 407 g/mol. The first-order valence-corrected chi connectivity index (χ1v) is 10.9. The third-order valence-corrected chi connectivity index (χ3v) is 7.61. The number of aromatic amines is 1. The van der Waals surface area contributed by atoms with Gasteiger partial charge >= 0.3 is 13.3 Å². The molecule has 0 saturated carbocycles. The number of aliphatic hydroxyl groups is 3. The van der Waals surface area contributed by atoms with E-state index >= 15 is 0 Å². The summed E-state index contributed by atoms with van der Waals surface area (Å²) in [5.41, 5.74) is -2.76. The van der Waals surface area contributed by atoms with Crippen LogP contribution in [0.2, 0.25) is 0 Å². The molecule has 1 aromatic heterocycles. The Bertz CT molecular complexity index is 876. The molecule has 1 aliphatic heterocycles. The number of hydrogen-bond acceptors (Lipinski definition) is 8. The predicted molar refractivity (Wildman–Crippen MR) is 102 cm³/mol. The molecule has 29 heavy (non-hydrogen) atoms. The van der Waals surface area contributed by atoms with Crippen molar-refractivity contribution < 1.29 is 34.0 Å². The summed E-state index contributed by atoms with van der Waals surface area (Å²) < 4.78 is 24.6. The zero-order chi connectivity index (χ0) is 22.2. The molecule has 0 radical (unpaired) electrons. The fourth-order valence-corrected chi connectivity index (χ4v) is 5.06. The molecular formula is C17H29N2O9P. The summed E-state index contributed by atoms with van der Waals surface area (Å²) >= 11 is 0. The van der Waals surface area contributed by atoms with Crippen molar-refractivity contribution in [3.05, 3.63) is 33.1 Å². The number of hydrogen-bond donors (Lipinski definition) is 5. The van der Waals surface area contributed by atoms with Crippen molar-refractivity contribution in [1.29, 1.82) is 0 Å². The van der Waals surface area contributed by atoms with Crippen molar-refractivity contribution in [3.8, 4) is 0 Å². The largest absolute Gasteiger partial charge is 0.388 e. The molecule has 2 heterocycles. The van der Waals surface area contributed by atoms with E-state index < -0.39 is 54.3 Å². The number of H-pyrrole nitrogens is 1. The van der Waals surface area contributed by atoms with E-state index in [0.717, 1.165) is 16.8 Å². The molecule has 166 valence electrons. The van der Waals surface area contributed by atoms with Crippen LogP contribution >= 0.6 is 7.60 Å². The summed E-state index contributed by atoms with van der Waals surface area (Å²) in [6, 6.07) is 1.07. The first-order chi connectivity index (χ1) is 13.3. The molecule has 2 rings (SSSR count). The van der Waals surface area contributed by atoms with Crippen molar-refractivity contribution in [2.45, 2.75) is 82.4 Å². The maximum atomic E-state index is 12.6. The monoisotopic (exact) mass is 436 g/mol. The summed E-state index contributed by atoms with van der Waals surface area (Å²) in [6.45, 7) is 6.11. The lowest BCUT2D eigenvalue weighted by molar-refractivity contribution is -0.0670. The molecule has 0 spiro atoms. The van der Waals surface area contributed by atoms with Gasteiger partial charge in [0.05, 0.1) is 11.7 Å². The highest BCUT2D eigenvalue weighted by molar-refractivity contribution is 7.54. The quantitative estimate of drug-likeness (QED) is 0.353. The number of aliphatic hydroxyl groups excluding tert-OH is 2. The molecule has 0 bridgehead atoms. The average molecular weight is 436 g/mol. The van der Waals surface area contributed by atoms with Crippen molar-refractivity contribution in [2.75, 3.05) is 0 Å². The molecule has 12 heteroatoms. The van der Waals surface area contributed by atoms with E-state index in [1.807, 2.05) is 4.98 Å². The molecule has 1 fully saturated rings. The Morgan fingerprint density at radius 2 is 1.83 bits per heavy atom. The Balaban J connectivity index is 2.19. The Morgan fingerprint density at radius 3 is 2.34 bits per heavy atom. The highest BCUT2D eigenvalue weighted by atomic mass is 31.2. The van der Waals surface area contributed by atoms with Gasteiger partial charge in [-0.1, -0.05) is 13.8 Å². The standard InChI is InChI=1S/C17H29N2O9P/c1-5-17(24,6-2)29(25,26)28-16(3,4)9-10-12(21)13(22)14(27-10)19-8-7-11(20)18-15(19)23/h7-8,10,12-14,21-22,24H,5-6,9H2,1-4H3,(H,25,26)(H,18,20,23)/t10?,12-,13-,14-/m1/s1. The van der Waals surface area contributed by atoms with Gasteiger partial charge in [0.2, 0.25) is 0 Å². The van der Waals surface area contributed by atoms with Crippen LogP contribution < -0.4 is 11.2 Å². The second-order valence-corrected chi connectivity index (χ2v) is 9.88. The maximum Gasteiger partial charge on any atom is 0.359 e. The Kier molecular flexibility index (Phi) is 6.96. The van der Waals surface area contributed by atoms with Crippen LogP contribution in [0.1, 0.15) is 53.2 Å². The molecule has 1 aliphatic rings. The number of nitrogens with one attached hydrogen (secondary N) is 1. The molecule has 1 aromatic rings.